The van der Waals surface area contributed by atoms with Crippen LogP contribution in [-0.4, -0.2) is 56.9 Å². The van der Waals surface area contributed by atoms with Crippen LogP contribution in [0.2, 0.25) is 36.3 Å². The zero-order valence-corrected chi connectivity index (χ0v) is 20.7. The molecule has 2 unspecified atom stereocenters. The van der Waals surface area contributed by atoms with Gasteiger partial charge in [0, 0.05) is 0 Å². The predicted octanol–water partition coefficient (Wildman–Crippen LogP) is 3.17. The first-order valence-corrected chi connectivity index (χ1v) is 15.0. The van der Waals surface area contributed by atoms with Gasteiger partial charge in [-0.05, 0) is 43.2 Å². The van der Waals surface area contributed by atoms with Gasteiger partial charge in [0.05, 0.1) is 6.61 Å². The lowest BCUT2D eigenvalue weighted by atomic mass is 9.96. The molecule has 9 heteroatoms. The van der Waals surface area contributed by atoms with E-state index in [9.17, 15) is 19.8 Å². The quantitative estimate of drug-likeness (QED) is 0.268. The van der Waals surface area contributed by atoms with E-state index in [4.69, 9.17) is 13.9 Å². The molecule has 0 rings (SSSR count). The Morgan fingerprint density at radius 2 is 1.33 bits per heavy atom. The molecule has 0 heterocycles. The lowest BCUT2D eigenvalue weighted by Crippen LogP contribution is -2.58. The molecule has 0 saturated carbocycles. The van der Waals surface area contributed by atoms with Gasteiger partial charge in [-0.1, -0.05) is 41.5 Å². The van der Waals surface area contributed by atoms with E-state index in [0.29, 0.717) is 0 Å². The number of aliphatic hydroxyl groups excluding tert-OH is 1. The van der Waals surface area contributed by atoms with Gasteiger partial charge in [0.25, 0.3) is 8.32 Å². The van der Waals surface area contributed by atoms with Crippen molar-refractivity contribution in [3.63, 3.8) is 0 Å². The predicted molar refractivity (Wildman–Crippen MR) is 109 cm³/mol. The van der Waals surface area contributed by atoms with Crippen molar-refractivity contribution in [1.29, 1.82) is 0 Å². The summed E-state index contributed by atoms with van der Waals surface area (Å²) in [5.74, 6) is -2.35. The highest BCUT2D eigenvalue weighted by Crippen LogP contribution is 2.38. The second-order valence-corrected chi connectivity index (χ2v) is 19.7. The Labute approximate surface area is 165 Å². The summed E-state index contributed by atoms with van der Waals surface area (Å²) in [7, 11) is -4.82. The summed E-state index contributed by atoms with van der Waals surface area (Å²) in [4.78, 5) is 29.9. The first-order valence-electron chi connectivity index (χ1n) is 9.18. The maximum atomic E-state index is 12.6. The summed E-state index contributed by atoms with van der Waals surface area (Å²) < 4.78 is 11.2. The minimum absolute atomic E-state index is 0.191. The molecule has 0 aromatic heterocycles. The monoisotopic (exact) mass is 422 g/mol. The minimum Gasteiger partial charge on any atom is -0.413 e. The van der Waals surface area contributed by atoms with E-state index >= 15 is 0 Å². The van der Waals surface area contributed by atoms with Crippen LogP contribution in [0.15, 0.2) is 0 Å². The first kappa shape index (κ1) is 26.4. The van der Waals surface area contributed by atoms with Crippen LogP contribution in [0, 0.1) is 0 Å². The molecule has 160 valence electrons. The van der Waals surface area contributed by atoms with Crippen molar-refractivity contribution in [2.24, 2.45) is 0 Å². The third-order valence-corrected chi connectivity index (χ3v) is 14.3. The summed E-state index contributed by atoms with van der Waals surface area (Å²) in [6.45, 7) is 20.0. The fourth-order valence-electron chi connectivity index (χ4n) is 1.41. The van der Waals surface area contributed by atoms with Crippen molar-refractivity contribution < 1.29 is 33.7 Å². The third-order valence-electron chi connectivity index (χ3n) is 5.70. The molecule has 0 aliphatic heterocycles. The summed E-state index contributed by atoms with van der Waals surface area (Å²) in [5, 5.41) is 20.0. The number of hydrogen-bond donors (Lipinski definition) is 2. The normalized spacial score (nSPS) is 17.2. The Balaban J connectivity index is 5.53. The van der Waals surface area contributed by atoms with Gasteiger partial charge < -0.3 is 19.5 Å². The zero-order valence-electron chi connectivity index (χ0n) is 18.7. The molecule has 0 spiro atoms. The second kappa shape index (κ2) is 8.42. The van der Waals surface area contributed by atoms with Crippen LogP contribution in [0.4, 0.5) is 0 Å². The van der Waals surface area contributed by atoms with Gasteiger partial charge in [-0.15, -0.1) is 0 Å². The molecule has 0 aromatic rings. The highest BCUT2D eigenvalue weighted by molar-refractivity contribution is 6.74. The molecule has 0 amide bonds. The highest BCUT2D eigenvalue weighted by atomic mass is 28.4. The van der Waals surface area contributed by atoms with E-state index in [2.05, 4.69) is 0 Å². The number of aliphatic hydroxyl groups is 2. The van der Waals surface area contributed by atoms with Gasteiger partial charge >= 0.3 is 5.97 Å². The molecular formula is C18H38O7Si2. The maximum absolute atomic E-state index is 12.6. The number of carbonyl (C=O) groups excluding carboxylic acids is 2. The molecule has 2 atom stereocenters. The second-order valence-electron chi connectivity index (χ2n) is 10.2. The van der Waals surface area contributed by atoms with E-state index < -0.39 is 46.7 Å². The SMILES string of the molecule is CC(O)C(=O)C(O)(CO[Si](C)(C)C(C)(C)C)C(=O)OO[Si](C)(C)C(C)(C)C. The van der Waals surface area contributed by atoms with Crippen molar-refractivity contribution >= 4 is 28.4 Å². The molecule has 0 radical (unpaired) electrons. The molecule has 0 bridgehead atoms. The molecule has 2 N–H and O–H groups in total. The summed E-state index contributed by atoms with van der Waals surface area (Å²) in [5.41, 5.74) is -2.63. The van der Waals surface area contributed by atoms with Gasteiger partial charge in [-0.2, -0.15) is 0 Å². The largest absolute Gasteiger partial charge is 0.413 e. The number of Topliss-reactive ketones (excluding diaryl/α,β-unsaturated/α-hetero) is 1. The molecule has 0 aromatic carbocycles. The van der Waals surface area contributed by atoms with Crippen LogP contribution in [0.3, 0.4) is 0 Å². The van der Waals surface area contributed by atoms with Crippen LogP contribution in [0.5, 0.6) is 0 Å². The molecule has 27 heavy (non-hydrogen) atoms. The van der Waals surface area contributed by atoms with E-state index in [-0.39, 0.29) is 10.1 Å². The zero-order chi connectivity index (χ0) is 22.1. The average molecular weight is 423 g/mol. The van der Waals surface area contributed by atoms with Gasteiger partial charge in [-0.25, -0.2) is 9.37 Å². The van der Waals surface area contributed by atoms with Crippen molar-refractivity contribution in [2.75, 3.05) is 6.61 Å². The van der Waals surface area contributed by atoms with Gasteiger partial charge in [0.1, 0.15) is 6.10 Å². The number of carbonyl (C=O) groups is 2. The van der Waals surface area contributed by atoms with E-state index in [1.54, 1.807) is 0 Å². The molecule has 7 nitrogen and oxygen atoms in total. The molecule has 0 fully saturated rings. The Morgan fingerprint density at radius 3 is 1.67 bits per heavy atom. The molecule has 0 aliphatic carbocycles. The lowest BCUT2D eigenvalue weighted by Gasteiger charge is -2.39. The van der Waals surface area contributed by atoms with Crippen LogP contribution < -0.4 is 0 Å². The molecular weight excluding hydrogens is 384 g/mol. The number of hydrogen-bond acceptors (Lipinski definition) is 7. The standard InChI is InChI=1S/C18H38O7Si2/c1-13(19)14(20)18(22,12-23-26(8,9)16(2,3)4)15(21)24-25-27(10,11)17(5,6)7/h13,19,22H,12H2,1-11H3. The topological polar surface area (TPSA) is 102 Å². The van der Waals surface area contributed by atoms with Gasteiger partial charge in [-0.3, -0.25) is 4.79 Å². The van der Waals surface area contributed by atoms with E-state index in [1.807, 2.05) is 67.7 Å². The molecule has 0 aliphatic rings. The van der Waals surface area contributed by atoms with Gasteiger partial charge in [0.2, 0.25) is 11.4 Å². The van der Waals surface area contributed by atoms with Gasteiger partial charge in [0.15, 0.2) is 8.32 Å². The summed E-state index contributed by atoms with van der Waals surface area (Å²) in [6, 6.07) is 0. The number of rotatable bonds is 8. The Hall–Kier alpha value is -0.586. The molecule has 0 saturated heterocycles. The van der Waals surface area contributed by atoms with Crippen LogP contribution >= 0.6 is 0 Å². The summed E-state index contributed by atoms with van der Waals surface area (Å²) in [6.07, 6.45) is -1.56. The van der Waals surface area contributed by atoms with Crippen LogP contribution in [0.1, 0.15) is 48.5 Å². The Morgan fingerprint density at radius 1 is 0.926 bits per heavy atom. The van der Waals surface area contributed by atoms with Crippen molar-refractivity contribution in [3.8, 4) is 0 Å². The van der Waals surface area contributed by atoms with Crippen LogP contribution in [0.25, 0.3) is 0 Å². The smallest absolute Gasteiger partial charge is 0.382 e. The minimum atomic E-state index is -2.63. The van der Waals surface area contributed by atoms with E-state index in [0.717, 1.165) is 0 Å². The fourth-order valence-corrected chi connectivity index (χ4v) is 2.95. The maximum Gasteiger partial charge on any atom is 0.382 e. The fraction of sp³-hybridized carbons (Fsp3) is 0.889. The summed E-state index contributed by atoms with van der Waals surface area (Å²) >= 11 is 0. The van der Waals surface area contributed by atoms with Crippen molar-refractivity contribution in [2.45, 2.75) is 96.4 Å². The van der Waals surface area contributed by atoms with Crippen LogP contribution in [-0.2, 0) is 23.5 Å². The van der Waals surface area contributed by atoms with Crippen molar-refractivity contribution in [3.05, 3.63) is 0 Å². The Bertz CT molecular complexity index is 545. The van der Waals surface area contributed by atoms with Crippen molar-refractivity contribution in [1.82, 2.24) is 0 Å². The lowest BCUT2D eigenvalue weighted by molar-refractivity contribution is -0.241. The Kier molecular flexibility index (Phi) is 8.24. The number of ketones is 1. The third kappa shape index (κ3) is 6.47. The average Bonchev–Trinajstić information content (AvgIpc) is 2.47. The van der Waals surface area contributed by atoms with E-state index in [1.165, 1.54) is 6.92 Å². The highest BCUT2D eigenvalue weighted by Gasteiger charge is 2.52. The first-order chi connectivity index (χ1) is 11.7.